The Kier molecular flexibility index (Phi) is 4.38. The fourth-order valence-electron chi connectivity index (χ4n) is 4.97. The van der Waals surface area contributed by atoms with Crippen LogP contribution in [0.5, 0.6) is 5.75 Å². The Morgan fingerprint density at radius 3 is 2.14 bits per heavy atom. The first-order chi connectivity index (χ1) is 14.0. The Morgan fingerprint density at radius 2 is 1.55 bits per heavy atom. The summed E-state index contributed by atoms with van der Waals surface area (Å²) >= 11 is 0. The van der Waals surface area contributed by atoms with Crippen LogP contribution in [0.15, 0.2) is 53.6 Å². The number of hydrogen-bond donors (Lipinski definition) is 2. The van der Waals surface area contributed by atoms with Gasteiger partial charge in [0.05, 0.1) is 36.7 Å². The van der Waals surface area contributed by atoms with Crippen molar-refractivity contribution in [3.05, 3.63) is 65.2 Å². The topological polar surface area (TPSA) is 71.4 Å². The predicted octanol–water partition coefficient (Wildman–Crippen LogP) is 1.64. The summed E-state index contributed by atoms with van der Waals surface area (Å²) < 4.78 is 0. The van der Waals surface area contributed by atoms with Crippen LogP contribution in [0, 0.1) is 12.3 Å². The number of nitrogens with one attached hydrogen (secondary N) is 1. The Balaban J connectivity index is 1.51. The molecule has 0 spiro atoms. The van der Waals surface area contributed by atoms with Crippen LogP contribution < -0.4 is 5.43 Å². The minimum absolute atomic E-state index is 0.0461. The van der Waals surface area contributed by atoms with Gasteiger partial charge in [0, 0.05) is 19.6 Å². The number of phenols is 1. The lowest BCUT2D eigenvalue weighted by atomic mass is 9.74. The average Bonchev–Trinajstić information content (AvgIpc) is 2.68. The van der Waals surface area contributed by atoms with Gasteiger partial charge in [-0.3, -0.25) is 19.5 Å². The first-order valence-corrected chi connectivity index (χ1v) is 9.93. The molecular weight excluding hydrogens is 366 g/mol. The maximum Gasteiger partial charge on any atom is 0.275 e. The van der Waals surface area contributed by atoms with Gasteiger partial charge in [0.15, 0.2) is 0 Å². The van der Waals surface area contributed by atoms with E-state index in [0.717, 1.165) is 50.9 Å². The quantitative estimate of drug-likeness (QED) is 0.613. The van der Waals surface area contributed by atoms with Crippen LogP contribution in [0.25, 0.3) is 0 Å². The largest absolute Gasteiger partial charge is 0.507 e. The van der Waals surface area contributed by atoms with Gasteiger partial charge in [0.2, 0.25) is 0 Å². The number of hydrogen-bond acceptors (Lipinski definition) is 6. The monoisotopic (exact) mass is 391 g/mol. The van der Waals surface area contributed by atoms with Crippen LogP contribution in [-0.4, -0.2) is 71.1 Å². The van der Waals surface area contributed by atoms with Crippen molar-refractivity contribution in [3.8, 4) is 5.75 Å². The zero-order chi connectivity index (χ0) is 20.0. The number of aromatic hydroxyl groups is 1. The van der Waals surface area contributed by atoms with Gasteiger partial charge in [-0.05, 0) is 24.6 Å². The molecule has 0 aliphatic carbocycles. The van der Waals surface area contributed by atoms with E-state index in [1.165, 1.54) is 11.6 Å². The third kappa shape index (κ3) is 3.31. The molecule has 4 bridgehead atoms. The molecule has 150 valence electrons. The molecule has 1 amide bonds. The average molecular weight is 391 g/mol. The minimum Gasteiger partial charge on any atom is -0.507 e. The van der Waals surface area contributed by atoms with Gasteiger partial charge in [-0.1, -0.05) is 42.0 Å². The summed E-state index contributed by atoms with van der Waals surface area (Å²) in [5, 5.41) is 14.7. The van der Waals surface area contributed by atoms with Crippen molar-refractivity contribution >= 4 is 11.6 Å². The summed E-state index contributed by atoms with van der Waals surface area (Å²) in [6, 6.07) is 14.9. The predicted molar refractivity (Wildman–Crippen MR) is 110 cm³/mol. The summed E-state index contributed by atoms with van der Waals surface area (Å²) in [5.74, 6) is -0.450. The van der Waals surface area contributed by atoms with Gasteiger partial charge in [0.1, 0.15) is 5.75 Å². The van der Waals surface area contributed by atoms with Gasteiger partial charge >= 0.3 is 0 Å². The van der Waals surface area contributed by atoms with E-state index >= 15 is 0 Å². The summed E-state index contributed by atoms with van der Waals surface area (Å²) in [7, 11) is 0. The zero-order valence-corrected chi connectivity index (χ0v) is 16.5. The van der Waals surface area contributed by atoms with E-state index in [1.54, 1.807) is 18.2 Å². The van der Waals surface area contributed by atoms with Crippen LogP contribution in [0.1, 0.15) is 21.5 Å². The molecule has 0 radical (unpaired) electrons. The van der Waals surface area contributed by atoms with E-state index in [-0.39, 0.29) is 16.7 Å². The third-order valence-corrected chi connectivity index (χ3v) is 6.02. The van der Waals surface area contributed by atoms with Crippen molar-refractivity contribution in [2.24, 2.45) is 10.5 Å². The highest BCUT2D eigenvalue weighted by Crippen LogP contribution is 2.38. The van der Waals surface area contributed by atoms with Crippen molar-refractivity contribution in [1.29, 1.82) is 0 Å². The van der Waals surface area contributed by atoms with Gasteiger partial charge in [-0.2, -0.15) is 5.10 Å². The molecule has 0 unspecified atom stereocenters. The van der Waals surface area contributed by atoms with E-state index in [2.05, 4.69) is 56.4 Å². The second-order valence-electron chi connectivity index (χ2n) is 8.48. The summed E-state index contributed by atoms with van der Waals surface area (Å²) in [5.41, 5.74) is 5.90. The highest BCUT2D eigenvalue weighted by molar-refractivity contribution is 6.07. The second kappa shape index (κ2) is 6.95. The molecule has 4 aliphatic rings. The molecule has 7 nitrogen and oxygen atoms in total. The van der Waals surface area contributed by atoms with Gasteiger partial charge in [-0.15, -0.1) is 0 Å². The number of phenolic OH excluding ortho intramolecular Hbond substituents is 1. The molecule has 4 heterocycles. The van der Waals surface area contributed by atoms with Gasteiger partial charge in [0.25, 0.3) is 5.91 Å². The normalized spacial score (nSPS) is 30.4. The Morgan fingerprint density at radius 1 is 0.966 bits per heavy atom. The number of benzene rings is 2. The lowest BCUT2D eigenvalue weighted by molar-refractivity contribution is -0.149. The van der Waals surface area contributed by atoms with E-state index in [4.69, 9.17) is 0 Å². The van der Waals surface area contributed by atoms with Crippen LogP contribution in [0.4, 0.5) is 0 Å². The number of amides is 1. The van der Waals surface area contributed by atoms with Crippen molar-refractivity contribution in [2.75, 3.05) is 39.6 Å². The molecule has 29 heavy (non-hydrogen) atoms. The molecule has 6 rings (SSSR count). The molecule has 0 saturated carbocycles. The molecule has 2 aromatic carbocycles. The van der Waals surface area contributed by atoms with Gasteiger partial charge in [-0.25, -0.2) is 5.43 Å². The Hall–Kier alpha value is -2.74. The SMILES string of the molecule is Cc1ccc(/C(=N/NC(=O)c2ccccc2O)C23CN4CN(CN(C4)C2)C3)cc1. The molecule has 2 N–H and O–H groups in total. The smallest absolute Gasteiger partial charge is 0.275 e. The summed E-state index contributed by atoms with van der Waals surface area (Å²) in [6.07, 6.45) is 0. The molecule has 4 fully saturated rings. The van der Waals surface area contributed by atoms with Crippen molar-refractivity contribution in [3.63, 3.8) is 0 Å². The highest BCUT2D eigenvalue weighted by Gasteiger charge is 2.51. The molecular formula is C22H25N5O2. The number of aryl methyl sites for hydroxylation is 1. The van der Waals surface area contributed by atoms with Crippen LogP contribution >= 0.6 is 0 Å². The summed E-state index contributed by atoms with van der Waals surface area (Å²) in [4.78, 5) is 20.0. The highest BCUT2D eigenvalue weighted by atomic mass is 16.3. The van der Waals surface area contributed by atoms with Crippen LogP contribution in [0.2, 0.25) is 0 Å². The standard InChI is InChI=1S/C22H25N5O2/c1-16-6-8-17(9-7-16)20(23-24-21(29)18-4-2-3-5-19(18)28)22-10-25-13-26(11-22)15-27(12-22)14-25/h2-9,28H,10-15H2,1H3,(H,24,29)/b23-20-. The second-order valence-corrected chi connectivity index (χ2v) is 8.48. The molecule has 4 saturated heterocycles. The first-order valence-electron chi connectivity index (χ1n) is 9.93. The molecule has 0 aromatic heterocycles. The van der Waals surface area contributed by atoms with Crippen molar-refractivity contribution in [2.45, 2.75) is 6.92 Å². The zero-order valence-electron chi connectivity index (χ0n) is 16.5. The number of carbonyl (C=O) groups is 1. The lowest BCUT2D eigenvalue weighted by Crippen LogP contribution is -2.74. The molecule has 0 atom stereocenters. The molecule has 7 heteroatoms. The molecule has 2 aromatic rings. The van der Waals surface area contributed by atoms with Crippen LogP contribution in [-0.2, 0) is 0 Å². The number of rotatable bonds is 4. The Labute approximate surface area is 170 Å². The van der Waals surface area contributed by atoms with Crippen LogP contribution in [0.3, 0.4) is 0 Å². The maximum absolute atomic E-state index is 12.7. The fourth-order valence-corrected chi connectivity index (χ4v) is 4.97. The van der Waals surface area contributed by atoms with E-state index in [9.17, 15) is 9.90 Å². The third-order valence-electron chi connectivity index (χ3n) is 6.02. The number of nitrogens with zero attached hydrogens (tertiary/aromatic N) is 4. The number of carbonyl (C=O) groups excluding carboxylic acids is 1. The molecule has 4 aliphatic heterocycles. The van der Waals surface area contributed by atoms with Crippen molar-refractivity contribution in [1.82, 2.24) is 20.1 Å². The van der Waals surface area contributed by atoms with E-state index in [1.807, 2.05) is 0 Å². The minimum atomic E-state index is -0.404. The Bertz CT molecular complexity index is 934. The van der Waals surface area contributed by atoms with E-state index < -0.39 is 5.91 Å². The maximum atomic E-state index is 12.7. The number of hydrazone groups is 1. The lowest BCUT2D eigenvalue weighted by Gasteiger charge is -2.60. The summed E-state index contributed by atoms with van der Waals surface area (Å²) in [6.45, 7) is 7.82. The van der Waals surface area contributed by atoms with Gasteiger partial charge < -0.3 is 5.11 Å². The van der Waals surface area contributed by atoms with Crippen molar-refractivity contribution < 1.29 is 9.90 Å². The number of para-hydroxylation sites is 1. The van der Waals surface area contributed by atoms with E-state index in [0.29, 0.717) is 0 Å². The first kappa shape index (κ1) is 18.3. The fraction of sp³-hybridized carbons (Fsp3) is 0.364.